The molecule has 0 aromatic heterocycles. The maximum Gasteiger partial charge on any atom is 0.141 e. The molecule has 0 saturated heterocycles. The van der Waals surface area contributed by atoms with Crippen molar-refractivity contribution in [2.24, 2.45) is 5.73 Å². The van der Waals surface area contributed by atoms with Crippen LogP contribution in [0, 0.1) is 0 Å². The van der Waals surface area contributed by atoms with Crippen molar-refractivity contribution in [2.75, 3.05) is 6.26 Å². The van der Waals surface area contributed by atoms with Crippen molar-refractivity contribution in [3.05, 3.63) is 52.5 Å². The molecule has 94 valence electrons. The van der Waals surface area contributed by atoms with Gasteiger partial charge in [-0.15, -0.1) is 11.8 Å². The molecule has 2 aromatic carbocycles. The van der Waals surface area contributed by atoms with E-state index in [1.807, 2.05) is 42.7 Å². The predicted octanol–water partition coefficient (Wildman–Crippen LogP) is 4.42. The van der Waals surface area contributed by atoms with Crippen molar-refractivity contribution in [1.29, 1.82) is 0 Å². The van der Waals surface area contributed by atoms with Crippen LogP contribution < -0.4 is 10.5 Å². The molecule has 2 rings (SSSR count). The van der Waals surface area contributed by atoms with Crippen molar-refractivity contribution >= 4 is 27.7 Å². The molecule has 0 aliphatic heterocycles. The molecule has 0 unspecified atom stereocenters. The minimum Gasteiger partial charge on any atom is -0.456 e. The Morgan fingerprint density at radius 2 is 1.83 bits per heavy atom. The SMILES string of the molecule is CSc1cccc(Oc2ccccc2Br)c1CN. The van der Waals surface area contributed by atoms with Crippen LogP contribution in [0.25, 0.3) is 0 Å². The van der Waals surface area contributed by atoms with Gasteiger partial charge in [-0.3, -0.25) is 0 Å². The highest BCUT2D eigenvalue weighted by molar-refractivity contribution is 9.10. The molecule has 4 heteroatoms. The fraction of sp³-hybridized carbons (Fsp3) is 0.143. The van der Waals surface area contributed by atoms with Gasteiger partial charge in [0, 0.05) is 17.0 Å². The summed E-state index contributed by atoms with van der Waals surface area (Å²) in [7, 11) is 0. The zero-order valence-corrected chi connectivity index (χ0v) is 12.4. The molecule has 0 aliphatic carbocycles. The standard InChI is InChI=1S/C14H14BrNOS/c1-18-14-8-4-7-12(10(14)9-16)17-13-6-3-2-5-11(13)15/h2-8H,9,16H2,1H3. The quantitative estimate of drug-likeness (QED) is 0.846. The van der Waals surface area contributed by atoms with Gasteiger partial charge in [0.15, 0.2) is 0 Å². The van der Waals surface area contributed by atoms with Gasteiger partial charge < -0.3 is 10.5 Å². The summed E-state index contributed by atoms with van der Waals surface area (Å²) in [6, 6.07) is 13.8. The maximum absolute atomic E-state index is 5.93. The molecule has 2 aromatic rings. The van der Waals surface area contributed by atoms with Gasteiger partial charge in [0.2, 0.25) is 0 Å². The average molecular weight is 324 g/mol. The summed E-state index contributed by atoms with van der Waals surface area (Å²) in [5.74, 6) is 1.61. The van der Waals surface area contributed by atoms with Crippen LogP contribution in [-0.4, -0.2) is 6.26 Å². The molecule has 0 fully saturated rings. The zero-order chi connectivity index (χ0) is 13.0. The van der Waals surface area contributed by atoms with Crippen molar-refractivity contribution in [2.45, 2.75) is 11.4 Å². The number of hydrogen-bond acceptors (Lipinski definition) is 3. The number of benzene rings is 2. The molecular weight excluding hydrogens is 310 g/mol. The fourth-order valence-corrected chi connectivity index (χ4v) is 2.69. The second kappa shape index (κ2) is 6.27. The first-order valence-corrected chi connectivity index (χ1v) is 7.56. The molecule has 0 spiro atoms. The Labute approximate surface area is 120 Å². The van der Waals surface area contributed by atoms with Gasteiger partial charge in [-0.05, 0) is 46.5 Å². The normalized spacial score (nSPS) is 10.4. The summed E-state index contributed by atoms with van der Waals surface area (Å²) in [6.07, 6.45) is 2.04. The van der Waals surface area contributed by atoms with Gasteiger partial charge in [-0.25, -0.2) is 0 Å². The van der Waals surface area contributed by atoms with Gasteiger partial charge in [0.05, 0.1) is 4.47 Å². The minimum atomic E-state index is 0.469. The Hall–Kier alpha value is -0.970. The van der Waals surface area contributed by atoms with Gasteiger partial charge in [-0.2, -0.15) is 0 Å². The molecule has 2 N–H and O–H groups in total. The molecule has 0 saturated carbocycles. The number of nitrogens with two attached hydrogens (primary N) is 1. The second-order valence-corrected chi connectivity index (χ2v) is 5.38. The number of para-hydroxylation sites is 1. The largest absolute Gasteiger partial charge is 0.456 e. The Morgan fingerprint density at radius 1 is 1.11 bits per heavy atom. The molecular formula is C14H14BrNOS. The number of hydrogen-bond donors (Lipinski definition) is 1. The zero-order valence-electron chi connectivity index (χ0n) is 10.0. The van der Waals surface area contributed by atoms with Crippen LogP contribution in [0.5, 0.6) is 11.5 Å². The maximum atomic E-state index is 5.93. The molecule has 0 radical (unpaired) electrons. The Kier molecular flexibility index (Phi) is 4.69. The van der Waals surface area contributed by atoms with Crippen LogP contribution in [0.3, 0.4) is 0 Å². The van der Waals surface area contributed by atoms with E-state index in [2.05, 4.69) is 22.0 Å². The van der Waals surface area contributed by atoms with Crippen molar-refractivity contribution in [1.82, 2.24) is 0 Å². The third-order valence-corrected chi connectivity index (χ3v) is 4.05. The van der Waals surface area contributed by atoms with E-state index in [1.54, 1.807) is 11.8 Å². The lowest BCUT2D eigenvalue weighted by atomic mass is 10.2. The Morgan fingerprint density at radius 3 is 2.50 bits per heavy atom. The van der Waals surface area contributed by atoms with Crippen LogP contribution in [0.2, 0.25) is 0 Å². The van der Waals surface area contributed by atoms with E-state index in [-0.39, 0.29) is 0 Å². The summed E-state index contributed by atoms with van der Waals surface area (Å²) in [4.78, 5) is 1.15. The first-order chi connectivity index (χ1) is 8.76. The third-order valence-electron chi connectivity index (χ3n) is 2.57. The lowest BCUT2D eigenvalue weighted by Gasteiger charge is -2.13. The van der Waals surface area contributed by atoms with E-state index in [0.29, 0.717) is 6.54 Å². The molecule has 0 heterocycles. The number of ether oxygens (including phenoxy) is 1. The van der Waals surface area contributed by atoms with Crippen molar-refractivity contribution < 1.29 is 4.74 Å². The highest BCUT2D eigenvalue weighted by atomic mass is 79.9. The Bertz CT molecular complexity index is 545. The highest BCUT2D eigenvalue weighted by Crippen LogP contribution is 2.34. The van der Waals surface area contributed by atoms with Crippen LogP contribution in [0.15, 0.2) is 51.8 Å². The third kappa shape index (κ3) is 2.88. The monoisotopic (exact) mass is 323 g/mol. The van der Waals surface area contributed by atoms with Crippen LogP contribution in [0.4, 0.5) is 0 Å². The van der Waals surface area contributed by atoms with E-state index in [4.69, 9.17) is 10.5 Å². The van der Waals surface area contributed by atoms with E-state index >= 15 is 0 Å². The molecule has 2 nitrogen and oxygen atoms in total. The summed E-state index contributed by atoms with van der Waals surface area (Å²) in [5, 5.41) is 0. The molecule has 0 amide bonds. The van der Waals surface area contributed by atoms with Crippen LogP contribution in [0.1, 0.15) is 5.56 Å². The molecule has 18 heavy (non-hydrogen) atoms. The summed E-state index contributed by atoms with van der Waals surface area (Å²) in [6.45, 7) is 0.469. The van der Waals surface area contributed by atoms with Crippen LogP contribution in [-0.2, 0) is 6.54 Å². The van der Waals surface area contributed by atoms with E-state index in [9.17, 15) is 0 Å². The van der Waals surface area contributed by atoms with E-state index in [0.717, 1.165) is 26.4 Å². The number of halogens is 1. The van der Waals surface area contributed by atoms with Crippen molar-refractivity contribution in [3.8, 4) is 11.5 Å². The van der Waals surface area contributed by atoms with Gasteiger partial charge >= 0.3 is 0 Å². The lowest BCUT2D eigenvalue weighted by molar-refractivity contribution is 0.471. The van der Waals surface area contributed by atoms with Gasteiger partial charge in [0.1, 0.15) is 11.5 Å². The highest BCUT2D eigenvalue weighted by Gasteiger charge is 2.09. The molecule has 0 bridgehead atoms. The predicted molar refractivity (Wildman–Crippen MR) is 80.3 cm³/mol. The second-order valence-electron chi connectivity index (χ2n) is 3.67. The minimum absolute atomic E-state index is 0.469. The smallest absolute Gasteiger partial charge is 0.141 e. The first-order valence-electron chi connectivity index (χ1n) is 5.54. The first kappa shape index (κ1) is 13.5. The fourth-order valence-electron chi connectivity index (χ4n) is 1.68. The van der Waals surface area contributed by atoms with Crippen LogP contribution >= 0.6 is 27.7 Å². The summed E-state index contributed by atoms with van der Waals surface area (Å²) >= 11 is 5.15. The van der Waals surface area contributed by atoms with Crippen molar-refractivity contribution in [3.63, 3.8) is 0 Å². The number of rotatable bonds is 4. The van der Waals surface area contributed by atoms with E-state index < -0.39 is 0 Å². The lowest BCUT2D eigenvalue weighted by Crippen LogP contribution is -2.01. The van der Waals surface area contributed by atoms with E-state index in [1.165, 1.54) is 0 Å². The molecule has 0 aliphatic rings. The summed E-state index contributed by atoms with van der Waals surface area (Å²) in [5.41, 5.74) is 6.86. The Balaban J connectivity index is 2.37. The molecule has 0 atom stereocenters. The average Bonchev–Trinajstić information content (AvgIpc) is 2.41. The van der Waals surface area contributed by atoms with Gasteiger partial charge in [0.25, 0.3) is 0 Å². The topological polar surface area (TPSA) is 35.2 Å². The van der Waals surface area contributed by atoms with Gasteiger partial charge in [-0.1, -0.05) is 18.2 Å². The number of thioether (sulfide) groups is 1. The summed E-state index contributed by atoms with van der Waals surface area (Å²) < 4.78 is 6.87.